The van der Waals surface area contributed by atoms with Crippen molar-refractivity contribution < 1.29 is 14.6 Å². The van der Waals surface area contributed by atoms with Gasteiger partial charge in [0, 0.05) is 13.1 Å². The van der Waals surface area contributed by atoms with E-state index in [-0.39, 0.29) is 5.91 Å². The average molecular weight is 306 g/mol. The predicted molar refractivity (Wildman–Crippen MR) is 85.9 cm³/mol. The number of likely N-dealkylation sites (tertiary alicyclic amines) is 1. The molecule has 0 saturated carbocycles. The molecule has 1 amide bonds. The number of hydrogen-bond donors (Lipinski definition) is 1. The molecular formula is C17H26N2O3. The Morgan fingerprint density at radius 1 is 1.36 bits per heavy atom. The van der Waals surface area contributed by atoms with Crippen LogP contribution in [0, 0.1) is 0 Å². The number of piperidine rings is 1. The van der Waals surface area contributed by atoms with Crippen LogP contribution in [0.2, 0.25) is 0 Å². The summed E-state index contributed by atoms with van der Waals surface area (Å²) in [5.41, 5.74) is -0.794. The molecule has 0 radical (unpaired) electrons. The molecule has 1 aromatic carbocycles. The molecular weight excluding hydrogens is 280 g/mol. The molecule has 1 fully saturated rings. The highest BCUT2D eigenvalue weighted by molar-refractivity contribution is 5.76. The first-order chi connectivity index (χ1) is 10.5. The second-order valence-corrected chi connectivity index (χ2v) is 6.29. The van der Waals surface area contributed by atoms with E-state index in [0.717, 1.165) is 25.1 Å². The lowest BCUT2D eigenvalue weighted by Crippen LogP contribution is -2.54. The molecule has 1 heterocycles. The van der Waals surface area contributed by atoms with Gasteiger partial charge in [-0.15, -0.1) is 0 Å². The second kappa shape index (κ2) is 7.61. The minimum Gasteiger partial charge on any atom is -0.493 e. The lowest BCUT2D eigenvalue weighted by molar-refractivity contribution is -0.139. The van der Waals surface area contributed by atoms with E-state index in [4.69, 9.17) is 4.74 Å². The molecule has 1 aliphatic rings. The molecule has 22 heavy (non-hydrogen) atoms. The molecule has 122 valence electrons. The van der Waals surface area contributed by atoms with Crippen molar-refractivity contribution in [1.82, 2.24) is 9.80 Å². The Labute approximate surface area is 132 Å². The van der Waals surface area contributed by atoms with E-state index in [0.29, 0.717) is 26.1 Å². The summed E-state index contributed by atoms with van der Waals surface area (Å²) in [7, 11) is 3.87. The Kier molecular flexibility index (Phi) is 5.80. The normalized spacial score (nSPS) is 21.9. The third-order valence-electron chi connectivity index (χ3n) is 3.85. The van der Waals surface area contributed by atoms with Crippen LogP contribution in [0.25, 0.3) is 0 Å². The van der Waals surface area contributed by atoms with Gasteiger partial charge in [0.2, 0.25) is 5.91 Å². The van der Waals surface area contributed by atoms with E-state index in [1.165, 1.54) is 0 Å². The number of nitrogens with zero attached hydrogens (tertiary/aromatic N) is 2. The zero-order valence-corrected chi connectivity index (χ0v) is 13.5. The van der Waals surface area contributed by atoms with Crippen LogP contribution in [0.15, 0.2) is 30.3 Å². The van der Waals surface area contributed by atoms with Gasteiger partial charge >= 0.3 is 0 Å². The van der Waals surface area contributed by atoms with Gasteiger partial charge in [-0.2, -0.15) is 0 Å². The molecule has 0 aliphatic carbocycles. The molecule has 1 aromatic rings. The van der Waals surface area contributed by atoms with E-state index in [2.05, 4.69) is 0 Å². The third kappa shape index (κ3) is 5.00. The fourth-order valence-corrected chi connectivity index (χ4v) is 2.97. The second-order valence-electron chi connectivity index (χ2n) is 6.29. The van der Waals surface area contributed by atoms with Crippen LogP contribution < -0.4 is 4.74 Å². The molecule has 0 unspecified atom stereocenters. The maximum absolute atomic E-state index is 12.3. The van der Waals surface area contributed by atoms with Gasteiger partial charge < -0.3 is 19.6 Å². The van der Waals surface area contributed by atoms with Crippen LogP contribution in [-0.4, -0.2) is 66.8 Å². The highest BCUT2D eigenvalue weighted by Crippen LogP contribution is 2.22. The summed E-state index contributed by atoms with van der Waals surface area (Å²) < 4.78 is 5.57. The summed E-state index contributed by atoms with van der Waals surface area (Å²) in [6.45, 7) is 2.08. The summed E-state index contributed by atoms with van der Waals surface area (Å²) in [5, 5.41) is 10.6. The first-order valence-corrected chi connectivity index (χ1v) is 7.81. The van der Waals surface area contributed by atoms with Crippen molar-refractivity contribution in [3.8, 4) is 5.75 Å². The van der Waals surface area contributed by atoms with Crippen molar-refractivity contribution in [2.45, 2.75) is 24.9 Å². The van der Waals surface area contributed by atoms with E-state index in [1.807, 2.05) is 49.3 Å². The SMILES string of the molecule is CN(C)C[C@]1(O)CCCN(C(=O)CCOc2ccccc2)C1. The Morgan fingerprint density at radius 3 is 2.77 bits per heavy atom. The molecule has 1 saturated heterocycles. The Balaban J connectivity index is 1.79. The summed E-state index contributed by atoms with van der Waals surface area (Å²) in [4.78, 5) is 16.0. The van der Waals surface area contributed by atoms with Gasteiger partial charge in [0.1, 0.15) is 5.75 Å². The van der Waals surface area contributed by atoms with Gasteiger partial charge in [-0.3, -0.25) is 4.79 Å². The zero-order chi connectivity index (χ0) is 16.0. The van der Waals surface area contributed by atoms with Crippen LogP contribution in [0.3, 0.4) is 0 Å². The first-order valence-electron chi connectivity index (χ1n) is 7.81. The summed E-state index contributed by atoms with van der Waals surface area (Å²) in [6.07, 6.45) is 1.93. The molecule has 1 atom stereocenters. The predicted octanol–water partition coefficient (Wildman–Crippen LogP) is 1.37. The Bertz CT molecular complexity index is 478. The zero-order valence-electron chi connectivity index (χ0n) is 13.5. The number of hydrogen-bond acceptors (Lipinski definition) is 4. The molecule has 0 aromatic heterocycles. The highest BCUT2D eigenvalue weighted by Gasteiger charge is 2.35. The lowest BCUT2D eigenvalue weighted by atomic mass is 9.92. The van der Waals surface area contributed by atoms with Crippen LogP contribution in [0.5, 0.6) is 5.75 Å². The number of amides is 1. The van der Waals surface area contributed by atoms with Crippen molar-refractivity contribution in [1.29, 1.82) is 0 Å². The average Bonchev–Trinajstić information content (AvgIpc) is 2.47. The van der Waals surface area contributed by atoms with Crippen molar-refractivity contribution in [3.63, 3.8) is 0 Å². The summed E-state index contributed by atoms with van der Waals surface area (Å²) in [5.74, 6) is 0.825. The van der Waals surface area contributed by atoms with Crippen molar-refractivity contribution in [2.24, 2.45) is 0 Å². The Hall–Kier alpha value is -1.59. The van der Waals surface area contributed by atoms with E-state index < -0.39 is 5.60 Å². The topological polar surface area (TPSA) is 53.0 Å². The van der Waals surface area contributed by atoms with Crippen molar-refractivity contribution in [3.05, 3.63) is 30.3 Å². The first kappa shape index (κ1) is 16.8. The maximum atomic E-state index is 12.3. The summed E-state index contributed by atoms with van der Waals surface area (Å²) in [6, 6.07) is 9.49. The number of para-hydroxylation sites is 1. The third-order valence-corrected chi connectivity index (χ3v) is 3.85. The number of benzene rings is 1. The highest BCUT2D eigenvalue weighted by atomic mass is 16.5. The van der Waals surface area contributed by atoms with Gasteiger partial charge in [0.15, 0.2) is 0 Å². The van der Waals surface area contributed by atoms with Crippen molar-refractivity contribution in [2.75, 3.05) is 40.3 Å². The van der Waals surface area contributed by atoms with Gasteiger partial charge in [-0.25, -0.2) is 0 Å². The molecule has 0 bridgehead atoms. The van der Waals surface area contributed by atoms with Gasteiger partial charge in [0.05, 0.1) is 25.2 Å². The Morgan fingerprint density at radius 2 is 2.09 bits per heavy atom. The quantitative estimate of drug-likeness (QED) is 0.862. The molecule has 2 rings (SSSR count). The molecule has 1 aliphatic heterocycles. The number of rotatable bonds is 6. The van der Waals surface area contributed by atoms with E-state index in [1.54, 1.807) is 4.90 Å². The van der Waals surface area contributed by atoms with E-state index >= 15 is 0 Å². The maximum Gasteiger partial charge on any atom is 0.226 e. The van der Waals surface area contributed by atoms with Crippen LogP contribution in [0.1, 0.15) is 19.3 Å². The monoisotopic (exact) mass is 306 g/mol. The van der Waals surface area contributed by atoms with Gasteiger partial charge in [-0.05, 0) is 39.1 Å². The molecule has 5 nitrogen and oxygen atoms in total. The fraction of sp³-hybridized carbons (Fsp3) is 0.588. The minimum absolute atomic E-state index is 0.0489. The molecule has 1 N–H and O–H groups in total. The van der Waals surface area contributed by atoms with Crippen LogP contribution in [0.4, 0.5) is 0 Å². The fourth-order valence-electron chi connectivity index (χ4n) is 2.97. The minimum atomic E-state index is -0.794. The van der Waals surface area contributed by atoms with Gasteiger partial charge in [0.25, 0.3) is 0 Å². The van der Waals surface area contributed by atoms with Crippen LogP contribution in [-0.2, 0) is 4.79 Å². The van der Waals surface area contributed by atoms with Crippen molar-refractivity contribution >= 4 is 5.91 Å². The summed E-state index contributed by atoms with van der Waals surface area (Å²) >= 11 is 0. The number of carbonyl (C=O) groups is 1. The smallest absolute Gasteiger partial charge is 0.226 e. The largest absolute Gasteiger partial charge is 0.493 e. The lowest BCUT2D eigenvalue weighted by Gasteiger charge is -2.40. The van der Waals surface area contributed by atoms with Crippen LogP contribution >= 0.6 is 0 Å². The number of ether oxygens (including phenoxy) is 1. The van der Waals surface area contributed by atoms with E-state index in [9.17, 15) is 9.90 Å². The number of aliphatic hydroxyl groups is 1. The number of β-amino-alcohol motifs (C(OH)–C–C–N with tert-alkyl or cyclic N) is 1. The molecule has 5 heteroatoms. The van der Waals surface area contributed by atoms with Gasteiger partial charge in [-0.1, -0.05) is 18.2 Å². The standard InChI is InChI=1S/C17H26N2O3/c1-18(2)13-17(21)10-6-11-19(14-17)16(20)9-12-22-15-7-4-3-5-8-15/h3-5,7-8,21H,6,9-14H2,1-2H3/t17-/m1/s1. The number of carbonyl (C=O) groups excluding carboxylic acids is 1. The molecule has 0 spiro atoms. The number of likely N-dealkylation sites (N-methyl/N-ethyl adjacent to an activating group) is 1.